The lowest BCUT2D eigenvalue weighted by atomic mass is 9.82. The van der Waals surface area contributed by atoms with Gasteiger partial charge >= 0.3 is 0 Å². The van der Waals surface area contributed by atoms with Gasteiger partial charge in [0.05, 0.1) is 33.0 Å². The first-order valence-corrected chi connectivity index (χ1v) is 6.41. The number of methoxy groups -OCH3 is 1. The van der Waals surface area contributed by atoms with Gasteiger partial charge in [0.25, 0.3) is 0 Å². The number of rotatable bonds is 9. The first kappa shape index (κ1) is 16.2. The van der Waals surface area contributed by atoms with E-state index < -0.39 is 0 Å². The molecule has 0 radical (unpaired) electrons. The second-order valence-corrected chi connectivity index (χ2v) is 5.29. The molecule has 4 heteroatoms. The Kier molecular flexibility index (Phi) is 9.41. The molecule has 3 nitrogen and oxygen atoms in total. The van der Waals surface area contributed by atoms with E-state index in [9.17, 15) is 0 Å². The molecular formula is C12H26O3S. The fourth-order valence-corrected chi connectivity index (χ4v) is 1.82. The maximum absolute atomic E-state index is 5.58. The molecule has 0 aliphatic rings. The second-order valence-electron chi connectivity index (χ2n) is 4.93. The van der Waals surface area contributed by atoms with Crippen LogP contribution in [-0.2, 0) is 14.2 Å². The molecule has 98 valence electrons. The standard InChI is InChI=1S/C12H26O3S/c1-12(2,3)11(10-16)9-15-8-7-14-6-5-13-4/h11,16H,5-10H2,1-4H3. The van der Waals surface area contributed by atoms with Gasteiger partial charge in [0.1, 0.15) is 0 Å². The zero-order valence-electron chi connectivity index (χ0n) is 11.0. The minimum Gasteiger partial charge on any atom is -0.382 e. The van der Waals surface area contributed by atoms with Crippen molar-refractivity contribution in [2.75, 3.05) is 45.9 Å². The first-order valence-electron chi connectivity index (χ1n) is 5.77. The highest BCUT2D eigenvalue weighted by atomic mass is 32.1. The summed E-state index contributed by atoms with van der Waals surface area (Å²) in [4.78, 5) is 0. The average molecular weight is 250 g/mol. The molecule has 0 aromatic heterocycles. The van der Waals surface area contributed by atoms with Gasteiger partial charge in [0, 0.05) is 7.11 Å². The van der Waals surface area contributed by atoms with Crippen molar-refractivity contribution in [1.82, 2.24) is 0 Å². The number of ether oxygens (including phenoxy) is 3. The molecule has 1 unspecified atom stereocenters. The normalized spacial score (nSPS) is 14.1. The van der Waals surface area contributed by atoms with E-state index in [-0.39, 0.29) is 5.41 Å². The van der Waals surface area contributed by atoms with Crippen LogP contribution >= 0.6 is 12.6 Å². The van der Waals surface area contributed by atoms with Crippen LogP contribution in [0.25, 0.3) is 0 Å². The molecule has 0 spiro atoms. The van der Waals surface area contributed by atoms with Crippen LogP contribution in [0.3, 0.4) is 0 Å². The van der Waals surface area contributed by atoms with Crippen molar-refractivity contribution in [3.05, 3.63) is 0 Å². The van der Waals surface area contributed by atoms with E-state index in [1.807, 2.05) is 0 Å². The van der Waals surface area contributed by atoms with Crippen molar-refractivity contribution < 1.29 is 14.2 Å². The predicted molar refractivity (Wildman–Crippen MR) is 70.3 cm³/mol. The summed E-state index contributed by atoms with van der Waals surface area (Å²) in [6, 6.07) is 0. The van der Waals surface area contributed by atoms with Gasteiger partial charge in [-0.1, -0.05) is 20.8 Å². The van der Waals surface area contributed by atoms with Crippen molar-refractivity contribution in [2.24, 2.45) is 11.3 Å². The Morgan fingerprint density at radius 2 is 1.56 bits per heavy atom. The van der Waals surface area contributed by atoms with Crippen LogP contribution in [0.15, 0.2) is 0 Å². The van der Waals surface area contributed by atoms with Crippen LogP contribution in [0.5, 0.6) is 0 Å². The van der Waals surface area contributed by atoms with Crippen molar-refractivity contribution in [3.8, 4) is 0 Å². The lowest BCUT2D eigenvalue weighted by Crippen LogP contribution is -2.27. The molecule has 1 atom stereocenters. The largest absolute Gasteiger partial charge is 0.382 e. The molecule has 0 fully saturated rings. The molecule has 0 aromatic carbocycles. The fourth-order valence-electron chi connectivity index (χ4n) is 1.16. The second kappa shape index (κ2) is 9.28. The molecule has 0 saturated heterocycles. The molecule has 0 aliphatic carbocycles. The van der Waals surface area contributed by atoms with Gasteiger partial charge in [-0.05, 0) is 17.1 Å². The zero-order chi connectivity index (χ0) is 12.4. The first-order chi connectivity index (χ1) is 7.52. The van der Waals surface area contributed by atoms with Crippen LogP contribution in [-0.4, -0.2) is 45.9 Å². The number of hydrogen-bond donors (Lipinski definition) is 1. The zero-order valence-corrected chi connectivity index (χ0v) is 11.9. The van der Waals surface area contributed by atoms with E-state index >= 15 is 0 Å². The van der Waals surface area contributed by atoms with Crippen molar-refractivity contribution >= 4 is 12.6 Å². The highest BCUT2D eigenvalue weighted by Gasteiger charge is 2.23. The molecule has 0 heterocycles. The van der Waals surface area contributed by atoms with Gasteiger partial charge in [0.15, 0.2) is 0 Å². The SMILES string of the molecule is COCCOCCOCC(CS)C(C)(C)C. The minimum absolute atomic E-state index is 0.249. The Labute approximate surface area is 105 Å². The van der Waals surface area contributed by atoms with Gasteiger partial charge in [-0.2, -0.15) is 12.6 Å². The van der Waals surface area contributed by atoms with Crippen LogP contribution in [0.1, 0.15) is 20.8 Å². The molecule has 0 N–H and O–H groups in total. The maximum Gasteiger partial charge on any atom is 0.0701 e. The molecular weight excluding hydrogens is 224 g/mol. The summed E-state index contributed by atoms with van der Waals surface area (Å²) in [5.41, 5.74) is 0.249. The summed E-state index contributed by atoms with van der Waals surface area (Å²) in [5, 5.41) is 0. The molecule has 0 bridgehead atoms. The summed E-state index contributed by atoms with van der Waals surface area (Å²) in [6.07, 6.45) is 0. The van der Waals surface area contributed by atoms with E-state index in [4.69, 9.17) is 14.2 Å². The van der Waals surface area contributed by atoms with Gasteiger partial charge in [-0.3, -0.25) is 0 Å². The van der Waals surface area contributed by atoms with Crippen LogP contribution < -0.4 is 0 Å². The van der Waals surface area contributed by atoms with Crippen LogP contribution in [0, 0.1) is 11.3 Å². The lowest BCUT2D eigenvalue weighted by molar-refractivity contribution is 0.00596. The quantitative estimate of drug-likeness (QED) is 0.502. The van der Waals surface area contributed by atoms with E-state index in [1.165, 1.54) is 0 Å². The highest BCUT2D eigenvalue weighted by molar-refractivity contribution is 7.80. The Morgan fingerprint density at radius 1 is 1.00 bits per heavy atom. The smallest absolute Gasteiger partial charge is 0.0701 e. The Bertz CT molecular complexity index is 157. The summed E-state index contributed by atoms with van der Waals surface area (Å²) in [7, 11) is 1.67. The third kappa shape index (κ3) is 8.39. The lowest BCUT2D eigenvalue weighted by Gasteiger charge is -2.29. The fraction of sp³-hybridized carbons (Fsp3) is 1.00. The number of hydrogen-bond acceptors (Lipinski definition) is 4. The van der Waals surface area contributed by atoms with Crippen molar-refractivity contribution in [1.29, 1.82) is 0 Å². The number of thiol groups is 1. The summed E-state index contributed by atoms with van der Waals surface area (Å²) in [5.74, 6) is 1.34. The maximum atomic E-state index is 5.58. The summed E-state index contributed by atoms with van der Waals surface area (Å²) in [6.45, 7) is 9.94. The topological polar surface area (TPSA) is 27.7 Å². The highest BCUT2D eigenvalue weighted by Crippen LogP contribution is 2.26. The Hall–Kier alpha value is 0.230. The van der Waals surface area contributed by atoms with Gasteiger partial charge < -0.3 is 14.2 Å². The monoisotopic (exact) mass is 250 g/mol. The van der Waals surface area contributed by atoms with Crippen LogP contribution in [0.2, 0.25) is 0 Å². The molecule has 0 aromatic rings. The molecule has 0 amide bonds. The van der Waals surface area contributed by atoms with E-state index in [0.717, 1.165) is 12.4 Å². The Balaban J connectivity index is 3.42. The summed E-state index contributed by atoms with van der Waals surface area (Å²) >= 11 is 4.35. The van der Waals surface area contributed by atoms with E-state index in [2.05, 4.69) is 33.4 Å². The Morgan fingerprint density at radius 3 is 2.06 bits per heavy atom. The summed E-state index contributed by atoms with van der Waals surface area (Å²) < 4.78 is 15.8. The third-order valence-electron chi connectivity index (χ3n) is 2.57. The van der Waals surface area contributed by atoms with Gasteiger partial charge in [-0.25, -0.2) is 0 Å². The van der Waals surface area contributed by atoms with E-state index in [0.29, 0.717) is 32.3 Å². The van der Waals surface area contributed by atoms with E-state index in [1.54, 1.807) is 7.11 Å². The minimum atomic E-state index is 0.249. The van der Waals surface area contributed by atoms with Crippen molar-refractivity contribution in [2.45, 2.75) is 20.8 Å². The molecule has 0 rings (SSSR count). The predicted octanol–water partition coefficient (Wildman–Crippen LogP) is 2.26. The average Bonchev–Trinajstić information content (AvgIpc) is 2.20. The van der Waals surface area contributed by atoms with Crippen LogP contribution in [0.4, 0.5) is 0 Å². The molecule has 0 saturated carbocycles. The molecule has 0 aliphatic heterocycles. The van der Waals surface area contributed by atoms with Gasteiger partial charge in [-0.15, -0.1) is 0 Å². The third-order valence-corrected chi connectivity index (χ3v) is 3.01. The van der Waals surface area contributed by atoms with Gasteiger partial charge in [0.2, 0.25) is 0 Å². The molecule has 16 heavy (non-hydrogen) atoms. The van der Waals surface area contributed by atoms with Crippen molar-refractivity contribution in [3.63, 3.8) is 0 Å².